The highest BCUT2D eigenvalue weighted by Crippen LogP contribution is 2.65. The minimum atomic E-state index is -1.87. The van der Waals surface area contributed by atoms with Crippen LogP contribution in [0.25, 0.3) is 0 Å². The molecule has 34 heavy (non-hydrogen) atoms. The van der Waals surface area contributed by atoms with Gasteiger partial charge in [-0.1, -0.05) is 77.7 Å². The molecular formula is C31H50O3. The Hall–Kier alpha value is -1.12. The van der Waals surface area contributed by atoms with Crippen LogP contribution in [0.15, 0.2) is 11.6 Å². The van der Waals surface area contributed by atoms with Gasteiger partial charge in [0, 0.05) is 21.0 Å². The Labute approximate surface area is 213 Å². The van der Waals surface area contributed by atoms with Crippen molar-refractivity contribution in [1.29, 1.82) is 0 Å². The average molecular weight is 474 g/mol. The molecule has 0 spiro atoms. The van der Waals surface area contributed by atoms with E-state index in [4.69, 9.17) is 7.48 Å². The maximum Gasteiger partial charge on any atom is 0.306 e. The van der Waals surface area contributed by atoms with E-state index in [0.717, 1.165) is 44.9 Å². The molecule has 4 aliphatic rings. The van der Waals surface area contributed by atoms with Gasteiger partial charge in [0.1, 0.15) is 6.08 Å². The first-order valence-corrected chi connectivity index (χ1v) is 14.4. The van der Waals surface area contributed by atoms with Crippen LogP contribution in [0, 0.1) is 28.6 Å². The van der Waals surface area contributed by atoms with E-state index in [-0.39, 0.29) is 30.0 Å². The summed E-state index contributed by atoms with van der Waals surface area (Å²) in [6, 6.07) is 0. The molecule has 3 nitrogen and oxygen atoms in total. The number of esters is 1. The van der Waals surface area contributed by atoms with E-state index in [9.17, 15) is 11.0 Å². The fourth-order valence-electron chi connectivity index (χ4n) is 7.84. The van der Waals surface area contributed by atoms with Crippen molar-refractivity contribution in [3.05, 3.63) is 11.6 Å². The van der Waals surface area contributed by atoms with Gasteiger partial charge in [-0.3, -0.25) is 9.59 Å². The SMILES string of the molecule is [2H]C1([2H])C[C@H]2[C@@H]3CCC4=CC(=O)CC[C@]4(C)[C@H]3CC[C@]2(C)[C@@]1([2H])OC(=O)CCCCCCCCCCC. The molecule has 0 aliphatic heterocycles. The predicted octanol–water partition coefficient (Wildman–Crippen LogP) is 8.35. The zero-order valence-electron chi connectivity index (χ0n) is 25.1. The zero-order valence-corrected chi connectivity index (χ0v) is 22.1. The molecule has 0 radical (unpaired) electrons. The van der Waals surface area contributed by atoms with Crippen molar-refractivity contribution in [3.8, 4) is 0 Å². The minimum absolute atomic E-state index is 0.00479. The van der Waals surface area contributed by atoms with E-state index in [0.29, 0.717) is 24.7 Å². The summed E-state index contributed by atoms with van der Waals surface area (Å²) in [6.07, 6.45) is 14.2. The highest BCUT2D eigenvalue weighted by Gasteiger charge is 2.59. The molecule has 3 fully saturated rings. The van der Waals surface area contributed by atoms with Crippen LogP contribution in [-0.2, 0) is 14.3 Å². The lowest BCUT2D eigenvalue weighted by atomic mass is 9.47. The van der Waals surface area contributed by atoms with Crippen molar-refractivity contribution < 1.29 is 18.4 Å². The Balaban J connectivity index is 1.37. The smallest absolute Gasteiger partial charge is 0.306 e. The average Bonchev–Trinajstić information content (AvgIpc) is 3.00. The minimum Gasteiger partial charge on any atom is -0.462 e. The normalized spacial score (nSPS) is 41.9. The monoisotopic (exact) mass is 473 g/mol. The number of carbonyl (C=O) groups excluding carboxylic acids is 2. The van der Waals surface area contributed by atoms with Crippen LogP contribution >= 0.6 is 0 Å². The molecule has 0 aromatic carbocycles. The van der Waals surface area contributed by atoms with Crippen molar-refractivity contribution >= 4 is 11.8 Å². The Bertz CT molecular complexity index is 885. The van der Waals surface area contributed by atoms with Crippen LogP contribution in [0.4, 0.5) is 0 Å². The van der Waals surface area contributed by atoms with Gasteiger partial charge in [0.05, 0.1) is 1.37 Å². The number of hydrogen-bond acceptors (Lipinski definition) is 3. The molecule has 0 bridgehead atoms. The summed E-state index contributed by atoms with van der Waals surface area (Å²) in [6.45, 7) is 6.57. The fourth-order valence-corrected chi connectivity index (χ4v) is 7.84. The van der Waals surface area contributed by atoms with Crippen LogP contribution in [-0.4, -0.2) is 17.8 Å². The number of hydrogen-bond donors (Lipinski definition) is 0. The molecule has 3 heteroatoms. The number of allylic oxidation sites excluding steroid dienone is 1. The van der Waals surface area contributed by atoms with E-state index in [1.165, 1.54) is 44.1 Å². The third kappa shape index (κ3) is 5.34. The van der Waals surface area contributed by atoms with Crippen molar-refractivity contribution in [2.24, 2.45) is 28.6 Å². The lowest BCUT2D eigenvalue weighted by Gasteiger charge is -2.57. The number of unbranched alkanes of at least 4 members (excludes halogenated alkanes) is 8. The van der Waals surface area contributed by atoms with Gasteiger partial charge in [-0.25, -0.2) is 0 Å². The number of fused-ring (bicyclic) bond motifs is 5. The number of ether oxygens (including phenoxy) is 1. The molecule has 6 atom stereocenters. The number of rotatable bonds is 11. The molecule has 0 saturated heterocycles. The van der Waals surface area contributed by atoms with Crippen LogP contribution in [0.1, 0.15) is 140 Å². The molecule has 192 valence electrons. The van der Waals surface area contributed by atoms with Crippen LogP contribution < -0.4 is 0 Å². The predicted molar refractivity (Wildman–Crippen MR) is 138 cm³/mol. The summed E-state index contributed by atoms with van der Waals surface area (Å²) in [5, 5.41) is 0. The standard InChI is InChI=1S/C31H50O3/c1-4-5-6-7-8-9-10-11-12-13-29(33)34-28-17-16-26-25-15-14-23-22-24(32)18-20-30(23,2)27(25)19-21-31(26,28)3/h22,25-28H,4-21H2,1-3H3/t25-,26-,27-,28-,30-,31-/m0/s1/i17D2,28D. The highest BCUT2D eigenvalue weighted by molar-refractivity contribution is 5.91. The summed E-state index contributed by atoms with van der Waals surface area (Å²) < 4.78 is 33.0. The largest absolute Gasteiger partial charge is 0.462 e. The van der Waals surface area contributed by atoms with Gasteiger partial charge in [0.25, 0.3) is 0 Å². The summed E-state index contributed by atoms with van der Waals surface area (Å²) in [5.41, 5.74) is 0.609. The zero-order chi connectivity index (χ0) is 26.9. The van der Waals surface area contributed by atoms with Crippen LogP contribution in [0.3, 0.4) is 0 Å². The first-order chi connectivity index (χ1) is 17.5. The second kappa shape index (κ2) is 11.3. The summed E-state index contributed by atoms with van der Waals surface area (Å²) >= 11 is 0. The van der Waals surface area contributed by atoms with Gasteiger partial charge >= 0.3 is 5.97 Å². The highest BCUT2D eigenvalue weighted by atomic mass is 16.5. The van der Waals surface area contributed by atoms with Crippen molar-refractivity contribution in [2.45, 2.75) is 142 Å². The molecule has 0 aromatic rings. The molecule has 0 heterocycles. The van der Waals surface area contributed by atoms with Crippen molar-refractivity contribution in [1.82, 2.24) is 0 Å². The molecule has 4 rings (SSSR count). The second-order valence-corrected chi connectivity index (χ2v) is 12.2. The summed E-state index contributed by atoms with van der Waals surface area (Å²) in [4.78, 5) is 25.0. The van der Waals surface area contributed by atoms with E-state index in [2.05, 4.69) is 13.8 Å². The first kappa shape index (κ1) is 22.1. The van der Waals surface area contributed by atoms with Gasteiger partial charge in [-0.15, -0.1) is 0 Å². The molecule has 3 saturated carbocycles. The first-order valence-electron chi connectivity index (χ1n) is 15.9. The lowest BCUT2D eigenvalue weighted by molar-refractivity contribution is -0.160. The quantitative estimate of drug-likeness (QED) is 0.224. The van der Waals surface area contributed by atoms with E-state index in [1.54, 1.807) is 0 Å². The number of carbonyl (C=O) groups is 2. The second-order valence-electron chi connectivity index (χ2n) is 12.2. The maximum atomic E-state index is 12.9. The van der Waals surface area contributed by atoms with Crippen molar-refractivity contribution in [3.63, 3.8) is 0 Å². The van der Waals surface area contributed by atoms with Gasteiger partial charge < -0.3 is 4.74 Å². The molecular weight excluding hydrogens is 420 g/mol. The number of ketones is 1. The van der Waals surface area contributed by atoms with Gasteiger partial charge in [0.15, 0.2) is 5.78 Å². The summed E-state index contributed by atoms with van der Waals surface area (Å²) in [5.74, 6) is 0.586. The van der Waals surface area contributed by atoms with E-state index < -0.39 is 23.8 Å². The molecule has 0 amide bonds. The molecule has 0 unspecified atom stereocenters. The third-order valence-corrected chi connectivity index (χ3v) is 10.1. The molecule has 0 N–H and O–H groups in total. The molecule has 4 aliphatic carbocycles. The lowest BCUT2D eigenvalue weighted by Crippen LogP contribution is -2.51. The topological polar surface area (TPSA) is 43.4 Å². The van der Waals surface area contributed by atoms with Gasteiger partial charge in [-0.2, -0.15) is 0 Å². The van der Waals surface area contributed by atoms with Gasteiger partial charge in [-0.05, 0) is 80.6 Å². The Morgan fingerprint density at radius 3 is 2.44 bits per heavy atom. The fraction of sp³-hybridized carbons (Fsp3) is 0.871. The molecule has 0 aromatic heterocycles. The Kier molecular flexibility index (Phi) is 7.34. The maximum absolute atomic E-state index is 12.9. The Morgan fingerprint density at radius 1 is 1.00 bits per heavy atom. The third-order valence-electron chi connectivity index (χ3n) is 10.1. The van der Waals surface area contributed by atoms with Crippen LogP contribution in [0.5, 0.6) is 0 Å². The van der Waals surface area contributed by atoms with E-state index in [1.807, 2.05) is 13.0 Å². The Morgan fingerprint density at radius 2 is 1.71 bits per heavy atom. The van der Waals surface area contributed by atoms with Gasteiger partial charge in [0.2, 0.25) is 0 Å². The van der Waals surface area contributed by atoms with E-state index >= 15 is 0 Å². The van der Waals surface area contributed by atoms with Crippen LogP contribution in [0.2, 0.25) is 0 Å². The van der Waals surface area contributed by atoms with Crippen molar-refractivity contribution in [2.75, 3.05) is 0 Å². The summed E-state index contributed by atoms with van der Waals surface area (Å²) in [7, 11) is 0.